The molecular formula is C25H26N6O2S. The number of amides is 1. The van der Waals surface area contributed by atoms with Gasteiger partial charge in [-0.1, -0.05) is 31.7 Å². The summed E-state index contributed by atoms with van der Waals surface area (Å²) in [5.41, 5.74) is 2.70. The van der Waals surface area contributed by atoms with Gasteiger partial charge in [0.25, 0.3) is 0 Å². The third kappa shape index (κ3) is 5.43. The van der Waals surface area contributed by atoms with Crippen molar-refractivity contribution < 1.29 is 9.53 Å². The van der Waals surface area contributed by atoms with Gasteiger partial charge in [-0.15, -0.1) is 10.2 Å². The van der Waals surface area contributed by atoms with Crippen molar-refractivity contribution in [3.05, 3.63) is 78.9 Å². The Morgan fingerprint density at radius 1 is 1.03 bits per heavy atom. The highest BCUT2D eigenvalue weighted by molar-refractivity contribution is 8.00. The summed E-state index contributed by atoms with van der Waals surface area (Å²) in [6.07, 6.45) is 6.90. The highest BCUT2D eigenvalue weighted by Crippen LogP contribution is 2.33. The van der Waals surface area contributed by atoms with E-state index in [9.17, 15) is 4.79 Å². The third-order valence-electron chi connectivity index (χ3n) is 5.19. The number of benzene rings is 1. The molecule has 3 heterocycles. The topological polar surface area (TPSA) is 94.8 Å². The van der Waals surface area contributed by atoms with E-state index in [4.69, 9.17) is 4.74 Å². The minimum atomic E-state index is -0.358. The average Bonchev–Trinajstić information content (AvgIpc) is 3.30. The molecule has 3 aromatic heterocycles. The number of methoxy groups -OCH3 is 1. The fraction of sp³-hybridized carbons (Fsp3) is 0.240. The van der Waals surface area contributed by atoms with Crippen molar-refractivity contribution in [2.45, 2.75) is 30.8 Å². The van der Waals surface area contributed by atoms with Crippen LogP contribution in [0.2, 0.25) is 0 Å². The molecule has 1 N–H and O–H groups in total. The summed E-state index contributed by atoms with van der Waals surface area (Å²) in [4.78, 5) is 21.4. The molecular weight excluding hydrogens is 448 g/mol. The largest absolute Gasteiger partial charge is 0.497 e. The van der Waals surface area contributed by atoms with Crippen molar-refractivity contribution in [2.24, 2.45) is 5.92 Å². The van der Waals surface area contributed by atoms with Crippen molar-refractivity contribution in [3.8, 4) is 22.8 Å². The van der Waals surface area contributed by atoms with Gasteiger partial charge in [-0.05, 0) is 53.9 Å². The van der Waals surface area contributed by atoms with Crippen LogP contribution in [0.25, 0.3) is 17.1 Å². The van der Waals surface area contributed by atoms with Gasteiger partial charge in [0, 0.05) is 42.6 Å². The lowest BCUT2D eigenvalue weighted by molar-refractivity contribution is -0.121. The van der Waals surface area contributed by atoms with Gasteiger partial charge >= 0.3 is 0 Å². The number of ether oxygens (including phenoxy) is 1. The molecule has 0 aliphatic carbocycles. The van der Waals surface area contributed by atoms with E-state index < -0.39 is 0 Å². The fourth-order valence-electron chi connectivity index (χ4n) is 3.40. The van der Waals surface area contributed by atoms with E-state index in [0.717, 1.165) is 22.6 Å². The number of carbonyl (C=O) groups excluding carboxylic acids is 1. The standard InChI is InChI=1S/C25H26N6O2S/c1-17(2)22(24(32)28-16-18-5-4-12-27-15-18)34-25-30-29-23(19-10-13-26-14-11-19)31(25)20-6-8-21(33-3)9-7-20/h4-15,17,22H,16H2,1-3H3,(H,28,32). The number of hydrogen-bond acceptors (Lipinski definition) is 7. The predicted molar refractivity (Wildman–Crippen MR) is 132 cm³/mol. The van der Waals surface area contributed by atoms with E-state index in [1.165, 1.54) is 11.8 Å². The number of rotatable bonds is 9. The van der Waals surface area contributed by atoms with Crippen molar-refractivity contribution in [1.82, 2.24) is 30.0 Å². The lowest BCUT2D eigenvalue weighted by Gasteiger charge is -2.20. The Morgan fingerprint density at radius 3 is 2.44 bits per heavy atom. The maximum Gasteiger partial charge on any atom is 0.234 e. The number of thioether (sulfide) groups is 1. The smallest absolute Gasteiger partial charge is 0.234 e. The van der Waals surface area contributed by atoms with Gasteiger partial charge in [-0.2, -0.15) is 0 Å². The van der Waals surface area contributed by atoms with Gasteiger partial charge in [-0.25, -0.2) is 0 Å². The predicted octanol–water partition coefficient (Wildman–Crippen LogP) is 4.17. The van der Waals surface area contributed by atoms with Gasteiger partial charge in [0.15, 0.2) is 11.0 Å². The van der Waals surface area contributed by atoms with Crippen LogP contribution < -0.4 is 10.1 Å². The van der Waals surface area contributed by atoms with E-state index in [1.54, 1.807) is 31.9 Å². The Labute approximate surface area is 202 Å². The molecule has 174 valence electrons. The lowest BCUT2D eigenvalue weighted by atomic mass is 10.1. The first-order valence-corrected chi connectivity index (χ1v) is 11.8. The number of nitrogens with zero attached hydrogens (tertiary/aromatic N) is 5. The highest BCUT2D eigenvalue weighted by atomic mass is 32.2. The van der Waals surface area contributed by atoms with Gasteiger partial charge in [0.1, 0.15) is 5.75 Å². The number of carbonyl (C=O) groups is 1. The van der Waals surface area contributed by atoms with Crippen molar-refractivity contribution in [1.29, 1.82) is 0 Å². The Kier molecular flexibility index (Phi) is 7.54. The SMILES string of the molecule is COc1ccc(-n2c(SC(C(=O)NCc3cccnc3)C(C)C)nnc2-c2ccncc2)cc1. The Bertz CT molecular complexity index is 1210. The molecule has 1 aromatic carbocycles. The van der Waals surface area contributed by atoms with Crippen LogP contribution in [0, 0.1) is 5.92 Å². The van der Waals surface area contributed by atoms with E-state index in [1.807, 2.05) is 66.9 Å². The minimum Gasteiger partial charge on any atom is -0.497 e. The summed E-state index contributed by atoms with van der Waals surface area (Å²) in [5.74, 6) is 1.45. The maximum absolute atomic E-state index is 13.1. The lowest BCUT2D eigenvalue weighted by Crippen LogP contribution is -2.35. The maximum atomic E-state index is 13.1. The summed E-state index contributed by atoms with van der Waals surface area (Å²) in [5, 5.41) is 12.2. The fourth-order valence-corrected chi connectivity index (χ4v) is 4.47. The second-order valence-electron chi connectivity index (χ2n) is 7.94. The van der Waals surface area contributed by atoms with E-state index >= 15 is 0 Å². The Morgan fingerprint density at radius 2 is 1.79 bits per heavy atom. The molecule has 0 spiro atoms. The zero-order valence-corrected chi connectivity index (χ0v) is 20.1. The molecule has 1 amide bonds. The molecule has 0 saturated carbocycles. The molecule has 4 aromatic rings. The van der Waals surface area contributed by atoms with Crippen LogP contribution in [0.4, 0.5) is 0 Å². The molecule has 8 nitrogen and oxygen atoms in total. The molecule has 34 heavy (non-hydrogen) atoms. The van der Waals surface area contributed by atoms with Crippen LogP contribution in [-0.4, -0.2) is 43.0 Å². The molecule has 1 unspecified atom stereocenters. The summed E-state index contributed by atoms with van der Waals surface area (Å²) in [7, 11) is 1.63. The van der Waals surface area contributed by atoms with Crippen molar-refractivity contribution in [3.63, 3.8) is 0 Å². The van der Waals surface area contributed by atoms with Gasteiger partial charge in [0.2, 0.25) is 5.91 Å². The first kappa shape index (κ1) is 23.4. The van der Waals surface area contributed by atoms with Gasteiger partial charge in [-0.3, -0.25) is 19.3 Å². The molecule has 0 fully saturated rings. The van der Waals surface area contributed by atoms with E-state index in [0.29, 0.717) is 17.5 Å². The quantitative estimate of drug-likeness (QED) is 0.364. The zero-order chi connectivity index (χ0) is 23.9. The van der Waals surface area contributed by atoms with Crippen molar-refractivity contribution >= 4 is 17.7 Å². The summed E-state index contributed by atoms with van der Waals surface area (Å²) < 4.78 is 7.27. The number of aromatic nitrogens is 5. The number of hydrogen-bond donors (Lipinski definition) is 1. The minimum absolute atomic E-state index is 0.0569. The molecule has 0 saturated heterocycles. The zero-order valence-electron chi connectivity index (χ0n) is 19.3. The molecule has 0 aliphatic rings. The van der Waals surface area contributed by atoms with Crippen LogP contribution in [0.5, 0.6) is 5.75 Å². The molecule has 9 heteroatoms. The summed E-state index contributed by atoms with van der Waals surface area (Å²) in [6, 6.07) is 15.2. The Balaban J connectivity index is 1.65. The van der Waals surface area contributed by atoms with Crippen LogP contribution in [0.1, 0.15) is 19.4 Å². The molecule has 1 atom stereocenters. The van der Waals surface area contributed by atoms with Gasteiger partial charge < -0.3 is 10.1 Å². The third-order valence-corrected chi connectivity index (χ3v) is 6.68. The van der Waals surface area contributed by atoms with Crippen LogP contribution in [0.15, 0.2) is 78.5 Å². The van der Waals surface area contributed by atoms with Crippen LogP contribution in [-0.2, 0) is 11.3 Å². The second-order valence-corrected chi connectivity index (χ2v) is 9.05. The molecule has 0 bridgehead atoms. The molecule has 4 rings (SSSR count). The van der Waals surface area contributed by atoms with Gasteiger partial charge in [0.05, 0.1) is 12.4 Å². The normalized spacial score (nSPS) is 11.9. The van der Waals surface area contributed by atoms with Crippen LogP contribution in [0.3, 0.4) is 0 Å². The van der Waals surface area contributed by atoms with Crippen LogP contribution >= 0.6 is 11.8 Å². The summed E-state index contributed by atoms with van der Waals surface area (Å²) in [6.45, 7) is 4.47. The Hall–Kier alpha value is -3.72. The first-order chi connectivity index (χ1) is 16.6. The summed E-state index contributed by atoms with van der Waals surface area (Å²) >= 11 is 1.40. The molecule has 0 radical (unpaired) electrons. The second kappa shape index (κ2) is 10.9. The average molecular weight is 475 g/mol. The molecule has 0 aliphatic heterocycles. The monoisotopic (exact) mass is 474 g/mol. The number of pyridine rings is 2. The highest BCUT2D eigenvalue weighted by Gasteiger charge is 2.27. The van der Waals surface area contributed by atoms with E-state index in [2.05, 4.69) is 25.5 Å². The first-order valence-electron chi connectivity index (χ1n) is 10.9. The van der Waals surface area contributed by atoms with Crippen molar-refractivity contribution in [2.75, 3.05) is 7.11 Å². The van der Waals surface area contributed by atoms with E-state index in [-0.39, 0.29) is 17.1 Å². The number of nitrogens with one attached hydrogen (secondary N) is 1.